The summed E-state index contributed by atoms with van der Waals surface area (Å²) in [5.74, 6) is 1.07. The van der Waals surface area contributed by atoms with Crippen LogP contribution >= 0.6 is 0 Å². The monoisotopic (exact) mass is 848 g/mol. The fourth-order valence-electron chi connectivity index (χ4n) is 13.4. The molecule has 4 nitrogen and oxygen atoms in total. The zero-order chi connectivity index (χ0) is 44.0. The molecule has 2 aliphatic heterocycles. The van der Waals surface area contributed by atoms with E-state index >= 15 is 0 Å². The van der Waals surface area contributed by atoms with Crippen molar-refractivity contribution in [1.82, 2.24) is 0 Å². The maximum atomic E-state index is 7.24. The van der Waals surface area contributed by atoms with Gasteiger partial charge in [0, 0.05) is 67.1 Å². The van der Waals surface area contributed by atoms with Crippen LogP contribution in [0.2, 0.25) is 0 Å². The summed E-state index contributed by atoms with van der Waals surface area (Å²) < 4.78 is 14.4. The predicted octanol–water partition coefficient (Wildman–Crippen LogP) is 14.1. The lowest BCUT2D eigenvalue weighted by molar-refractivity contribution is 0.252. The van der Waals surface area contributed by atoms with Crippen molar-refractivity contribution >= 4 is 102 Å². The van der Waals surface area contributed by atoms with Gasteiger partial charge in [-0.25, -0.2) is 0 Å². The Morgan fingerprint density at radius 3 is 1.74 bits per heavy atom. The molecular weight excluding hydrogens is 803 g/mol. The Labute approximate surface area is 384 Å². The highest BCUT2D eigenvalue weighted by molar-refractivity contribution is 7.00. The molecule has 8 aromatic carbocycles. The van der Waals surface area contributed by atoms with Crippen LogP contribution in [0.5, 0.6) is 0 Å². The van der Waals surface area contributed by atoms with Gasteiger partial charge in [0.15, 0.2) is 11.2 Å². The highest BCUT2D eigenvalue weighted by atomic mass is 16.3. The zero-order valence-corrected chi connectivity index (χ0v) is 37.7. The Morgan fingerprint density at radius 1 is 0.470 bits per heavy atom. The van der Waals surface area contributed by atoms with Crippen LogP contribution in [0, 0.1) is 5.41 Å². The molecule has 0 N–H and O–H groups in total. The molecule has 0 fully saturated rings. The van der Waals surface area contributed by atoms with Gasteiger partial charge >= 0.3 is 0 Å². The highest BCUT2D eigenvalue weighted by Gasteiger charge is 2.54. The SMILES string of the molecule is CC1(C)c2ccccc2-c2cc3c(cc21)oc1c(N2c4ccccc4B4c5ccccc5N(c5cccc6c7c(oc56)CC5(C)C(=C7)c6ccccc6C5(C)C)c5cccc2c54)cccc13. The second-order valence-corrected chi connectivity index (χ2v) is 20.6. The lowest BCUT2D eigenvalue weighted by atomic mass is 9.33. The van der Waals surface area contributed by atoms with E-state index < -0.39 is 0 Å². The summed E-state index contributed by atoms with van der Waals surface area (Å²) in [5, 5.41) is 3.42. The number of hydrogen-bond acceptors (Lipinski definition) is 4. The molecule has 0 radical (unpaired) electrons. The van der Waals surface area contributed by atoms with E-state index in [1.807, 2.05) is 0 Å². The minimum Gasteiger partial charge on any atom is -0.458 e. The number of para-hydroxylation sites is 4. The van der Waals surface area contributed by atoms with Crippen LogP contribution in [0.1, 0.15) is 68.2 Å². The van der Waals surface area contributed by atoms with Crippen molar-refractivity contribution in [3.05, 3.63) is 197 Å². The molecular formula is C61H45BN2O2. The molecule has 0 spiro atoms. The van der Waals surface area contributed by atoms with Crippen molar-refractivity contribution < 1.29 is 8.83 Å². The Hall–Kier alpha value is -7.50. The second-order valence-electron chi connectivity index (χ2n) is 20.6. The van der Waals surface area contributed by atoms with Crippen molar-refractivity contribution in [2.45, 2.75) is 51.9 Å². The van der Waals surface area contributed by atoms with Gasteiger partial charge < -0.3 is 18.6 Å². The van der Waals surface area contributed by atoms with Gasteiger partial charge in [0.2, 0.25) is 0 Å². The minimum atomic E-state index is -0.120. The standard InChI is InChI=1S/C61H45BN2O2/c1-59(2)42-21-8-6-17-35(42)39-31-40-36-19-14-29-52(57(36)65-54(40)33-44(39)59)63-48-25-12-10-23-46(48)62-47-24-11-13-26-49(47)64(51-28-16-27-50(63)56(51)62)53-30-15-20-37-41-32-45-38-18-7-9-22-43(38)60(3,4)61(45,5)34-55(41)66-58(37)53/h6-33H,34H2,1-5H3. The third kappa shape index (κ3) is 4.33. The maximum Gasteiger partial charge on any atom is 0.252 e. The highest BCUT2D eigenvalue weighted by Crippen LogP contribution is 2.63. The molecule has 0 saturated carbocycles. The lowest BCUT2D eigenvalue weighted by Crippen LogP contribution is -2.61. The third-order valence-electron chi connectivity index (χ3n) is 16.9. The number of rotatable bonds is 2. The number of anilines is 6. The summed E-state index contributed by atoms with van der Waals surface area (Å²) in [7, 11) is 0. The third-order valence-corrected chi connectivity index (χ3v) is 16.9. The molecule has 0 bridgehead atoms. The first-order valence-corrected chi connectivity index (χ1v) is 23.5. The van der Waals surface area contributed by atoms with Gasteiger partial charge in [-0.15, -0.1) is 0 Å². The van der Waals surface area contributed by atoms with Crippen molar-refractivity contribution in [2.24, 2.45) is 5.41 Å². The van der Waals surface area contributed by atoms with Gasteiger partial charge in [-0.2, -0.15) is 0 Å². The summed E-state index contributed by atoms with van der Waals surface area (Å²) in [5.41, 5.74) is 23.8. The average molecular weight is 849 g/mol. The summed E-state index contributed by atoms with van der Waals surface area (Å²) in [6.07, 6.45) is 3.30. The van der Waals surface area contributed by atoms with Gasteiger partial charge in [-0.3, -0.25) is 0 Å². The quantitative estimate of drug-likeness (QED) is 0.162. The molecule has 0 saturated heterocycles. The van der Waals surface area contributed by atoms with Gasteiger partial charge in [0.1, 0.15) is 11.3 Å². The largest absolute Gasteiger partial charge is 0.458 e. The first-order valence-electron chi connectivity index (χ1n) is 23.5. The lowest BCUT2D eigenvalue weighted by Gasteiger charge is -2.43. The second kappa shape index (κ2) is 12.2. The molecule has 1 atom stereocenters. The van der Waals surface area contributed by atoms with E-state index in [-0.39, 0.29) is 23.0 Å². The van der Waals surface area contributed by atoms with Crippen LogP contribution in [0.3, 0.4) is 0 Å². The maximum absolute atomic E-state index is 7.24. The van der Waals surface area contributed by atoms with Gasteiger partial charge in [-0.05, 0) is 110 Å². The first kappa shape index (κ1) is 36.8. The van der Waals surface area contributed by atoms with Crippen LogP contribution in [0.4, 0.5) is 34.1 Å². The van der Waals surface area contributed by atoms with E-state index in [4.69, 9.17) is 8.83 Å². The fraction of sp³-hybridized carbons (Fsp3) is 0.148. The number of furan rings is 2. The molecule has 15 rings (SSSR count). The summed E-state index contributed by atoms with van der Waals surface area (Å²) >= 11 is 0. The number of hydrogen-bond donors (Lipinski definition) is 0. The molecule has 314 valence electrons. The molecule has 2 aromatic heterocycles. The molecule has 4 heterocycles. The topological polar surface area (TPSA) is 32.8 Å². The van der Waals surface area contributed by atoms with Crippen molar-refractivity contribution in [1.29, 1.82) is 0 Å². The van der Waals surface area contributed by atoms with Crippen LogP contribution in [0.15, 0.2) is 173 Å². The van der Waals surface area contributed by atoms with Gasteiger partial charge in [-0.1, -0.05) is 150 Å². The van der Waals surface area contributed by atoms with Gasteiger partial charge in [0.05, 0.1) is 11.4 Å². The van der Waals surface area contributed by atoms with Crippen LogP contribution in [-0.4, -0.2) is 6.71 Å². The van der Waals surface area contributed by atoms with Crippen LogP contribution < -0.4 is 26.2 Å². The van der Waals surface area contributed by atoms with Crippen molar-refractivity contribution in [3.8, 4) is 11.1 Å². The molecule has 3 aliphatic carbocycles. The summed E-state index contributed by atoms with van der Waals surface area (Å²) in [6, 6.07) is 60.8. The van der Waals surface area contributed by atoms with E-state index in [9.17, 15) is 0 Å². The van der Waals surface area contributed by atoms with E-state index in [1.54, 1.807) is 0 Å². The average Bonchev–Trinajstić information content (AvgIpc) is 4.01. The Balaban J connectivity index is 0.941. The van der Waals surface area contributed by atoms with E-state index in [0.29, 0.717) is 0 Å². The van der Waals surface area contributed by atoms with E-state index in [0.717, 1.165) is 67.8 Å². The smallest absolute Gasteiger partial charge is 0.252 e. The summed E-state index contributed by atoms with van der Waals surface area (Å²) in [6.45, 7) is 11.9. The van der Waals surface area contributed by atoms with Crippen LogP contribution in [0.25, 0.3) is 55.7 Å². The Kier molecular flexibility index (Phi) is 6.82. The van der Waals surface area contributed by atoms with Crippen molar-refractivity contribution in [3.63, 3.8) is 0 Å². The molecule has 5 heteroatoms. The van der Waals surface area contributed by atoms with E-state index in [1.165, 1.54) is 72.3 Å². The Bertz CT molecular complexity index is 3860. The fourth-order valence-corrected chi connectivity index (χ4v) is 13.4. The first-order chi connectivity index (χ1) is 32.1. The minimum absolute atomic E-state index is 0.0200. The molecule has 66 heavy (non-hydrogen) atoms. The normalized spacial score (nSPS) is 18.6. The summed E-state index contributed by atoms with van der Waals surface area (Å²) in [4.78, 5) is 4.94. The number of fused-ring (bicyclic) bond motifs is 16. The number of benzene rings is 8. The van der Waals surface area contributed by atoms with Gasteiger partial charge in [0.25, 0.3) is 6.71 Å². The molecule has 5 aliphatic rings. The number of nitrogens with zero attached hydrogens (tertiary/aromatic N) is 2. The van der Waals surface area contributed by atoms with Crippen molar-refractivity contribution in [2.75, 3.05) is 9.80 Å². The van der Waals surface area contributed by atoms with E-state index in [2.05, 4.69) is 214 Å². The molecule has 10 aromatic rings. The molecule has 0 amide bonds. The predicted molar refractivity (Wildman–Crippen MR) is 274 cm³/mol. The zero-order valence-electron chi connectivity index (χ0n) is 37.7. The van der Waals surface area contributed by atoms with Crippen LogP contribution in [-0.2, 0) is 17.3 Å². The number of allylic oxidation sites excluding steroid dienone is 1. The molecule has 1 unspecified atom stereocenters. The Morgan fingerprint density at radius 2 is 1.03 bits per heavy atom.